The summed E-state index contributed by atoms with van der Waals surface area (Å²) in [5.41, 5.74) is 6.79. The summed E-state index contributed by atoms with van der Waals surface area (Å²) in [6.45, 7) is 0. The Kier molecular flexibility index (Phi) is 3.91. The number of aromatic hydroxyl groups is 1. The van der Waals surface area contributed by atoms with E-state index >= 15 is 0 Å². The number of rotatable bonds is 2. The summed E-state index contributed by atoms with van der Waals surface area (Å²) in [6, 6.07) is 11.0. The van der Waals surface area contributed by atoms with E-state index in [-0.39, 0.29) is 17.0 Å². The molecule has 0 heterocycles. The van der Waals surface area contributed by atoms with Crippen molar-refractivity contribution in [2.45, 2.75) is 0 Å². The number of nitrogens with zero attached hydrogens (tertiary/aromatic N) is 1. The lowest BCUT2D eigenvalue weighted by molar-refractivity contribution is 0.102. The number of amides is 1. The van der Waals surface area contributed by atoms with Crippen molar-refractivity contribution in [3.05, 3.63) is 52.0 Å². The maximum atomic E-state index is 12.1. The lowest BCUT2D eigenvalue weighted by atomic mass is 10.1. The Morgan fingerprint density at radius 3 is 2.75 bits per heavy atom. The molecule has 0 aliphatic rings. The molecule has 0 fully saturated rings. The van der Waals surface area contributed by atoms with Gasteiger partial charge in [-0.25, -0.2) is 0 Å². The van der Waals surface area contributed by atoms with E-state index in [1.54, 1.807) is 18.2 Å². The van der Waals surface area contributed by atoms with Gasteiger partial charge in [-0.05, 0) is 36.4 Å². The fraction of sp³-hybridized carbons (Fsp3) is 0. The van der Waals surface area contributed by atoms with Gasteiger partial charge in [0.2, 0.25) is 0 Å². The SMILES string of the molecule is N#Cc1cc(Br)ccc1NC(=O)c1cc(O)ccc1N. The van der Waals surface area contributed by atoms with Crippen LogP contribution in [-0.2, 0) is 0 Å². The quantitative estimate of drug-likeness (QED) is 0.582. The molecule has 0 bridgehead atoms. The minimum atomic E-state index is -0.489. The molecule has 0 saturated heterocycles. The lowest BCUT2D eigenvalue weighted by Gasteiger charge is -2.09. The van der Waals surface area contributed by atoms with E-state index in [2.05, 4.69) is 21.2 Å². The number of phenolic OH excluding ortho intramolecular Hbond substituents is 1. The third kappa shape index (κ3) is 2.90. The maximum Gasteiger partial charge on any atom is 0.257 e. The first-order chi connectivity index (χ1) is 9.51. The van der Waals surface area contributed by atoms with Crippen LogP contribution in [0.4, 0.5) is 11.4 Å². The Morgan fingerprint density at radius 1 is 1.30 bits per heavy atom. The standard InChI is InChI=1S/C14H10BrN3O2/c15-9-1-4-13(8(5-9)7-16)18-14(20)11-6-10(19)2-3-12(11)17/h1-6,19H,17H2,(H,18,20). The summed E-state index contributed by atoms with van der Waals surface area (Å²) in [6.07, 6.45) is 0. The Labute approximate surface area is 123 Å². The first-order valence-corrected chi connectivity index (χ1v) is 6.40. The van der Waals surface area contributed by atoms with Gasteiger partial charge in [0.05, 0.1) is 16.8 Å². The minimum Gasteiger partial charge on any atom is -0.508 e. The summed E-state index contributed by atoms with van der Waals surface area (Å²) < 4.78 is 0.740. The first kappa shape index (κ1) is 13.9. The molecule has 0 radical (unpaired) electrons. The Balaban J connectivity index is 2.33. The fourth-order valence-electron chi connectivity index (χ4n) is 1.65. The van der Waals surface area contributed by atoms with Crippen LogP contribution in [0.25, 0.3) is 0 Å². The fourth-order valence-corrected chi connectivity index (χ4v) is 2.01. The van der Waals surface area contributed by atoms with Gasteiger partial charge in [0.15, 0.2) is 0 Å². The zero-order chi connectivity index (χ0) is 14.7. The molecule has 0 saturated carbocycles. The highest BCUT2D eigenvalue weighted by molar-refractivity contribution is 9.10. The number of nitrogens with two attached hydrogens (primary N) is 1. The molecule has 0 aliphatic heterocycles. The van der Waals surface area contributed by atoms with Crippen LogP contribution in [0.2, 0.25) is 0 Å². The topological polar surface area (TPSA) is 99.1 Å². The number of hydrogen-bond acceptors (Lipinski definition) is 4. The molecule has 5 nitrogen and oxygen atoms in total. The van der Waals surface area contributed by atoms with E-state index in [0.29, 0.717) is 11.3 Å². The normalized spacial score (nSPS) is 9.80. The molecule has 0 unspecified atom stereocenters. The van der Waals surface area contributed by atoms with Crippen molar-refractivity contribution in [1.29, 1.82) is 5.26 Å². The average Bonchev–Trinajstić information content (AvgIpc) is 2.43. The Bertz CT molecular complexity index is 723. The number of nitrogens with one attached hydrogen (secondary N) is 1. The van der Waals surface area contributed by atoms with Crippen LogP contribution in [-0.4, -0.2) is 11.0 Å². The maximum absolute atomic E-state index is 12.1. The van der Waals surface area contributed by atoms with Gasteiger partial charge in [0.1, 0.15) is 11.8 Å². The molecule has 100 valence electrons. The van der Waals surface area contributed by atoms with Gasteiger partial charge in [0.25, 0.3) is 5.91 Å². The van der Waals surface area contributed by atoms with E-state index in [4.69, 9.17) is 11.0 Å². The van der Waals surface area contributed by atoms with Crippen LogP contribution < -0.4 is 11.1 Å². The number of nitriles is 1. The number of hydrogen-bond donors (Lipinski definition) is 3. The highest BCUT2D eigenvalue weighted by Crippen LogP contribution is 2.23. The van der Waals surface area contributed by atoms with Crippen molar-refractivity contribution in [3.63, 3.8) is 0 Å². The highest BCUT2D eigenvalue weighted by Gasteiger charge is 2.13. The molecule has 2 aromatic rings. The van der Waals surface area contributed by atoms with Gasteiger partial charge in [-0.15, -0.1) is 0 Å². The van der Waals surface area contributed by atoms with E-state index in [1.165, 1.54) is 18.2 Å². The van der Waals surface area contributed by atoms with E-state index in [1.807, 2.05) is 6.07 Å². The van der Waals surface area contributed by atoms with Crippen LogP contribution in [0.5, 0.6) is 5.75 Å². The molecule has 0 atom stereocenters. The Hall–Kier alpha value is -2.52. The third-order valence-electron chi connectivity index (χ3n) is 2.63. The number of anilines is 2. The van der Waals surface area contributed by atoms with Crippen molar-refractivity contribution >= 4 is 33.2 Å². The molecule has 0 aromatic heterocycles. The van der Waals surface area contributed by atoms with Gasteiger partial charge >= 0.3 is 0 Å². The van der Waals surface area contributed by atoms with Gasteiger partial charge in [-0.3, -0.25) is 4.79 Å². The number of benzene rings is 2. The zero-order valence-corrected chi connectivity index (χ0v) is 11.8. The van der Waals surface area contributed by atoms with E-state index < -0.39 is 5.91 Å². The molecule has 4 N–H and O–H groups in total. The molecular formula is C14H10BrN3O2. The van der Waals surface area contributed by atoms with Crippen molar-refractivity contribution < 1.29 is 9.90 Å². The number of halogens is 1. The minimum absolute atomic E-state index is 0.0549. The second kappa shape index (κ2) is 5.63. The predicted octanol–water partition coefficient (Wildman–Crippen LogP) is 2.86. The predicted molar refractivity (Wildman–Crippen MR) is 79.3 cm³/mol. The zero-order valence-electron chi connectivity index (χ0n) is 10.2. The number of phenols is 1. The lowest BCUT2D eigenvalue weighted by Crippen LogP contribution is -2.14. The summed E-state index contributed by atoms with van der Waals surface area (Å²) in [4.78, 5) is 12.1. The van der Waals surface area contributed by atoms with Gasteiger partial charge in [-0.1, -0.05) is 15.9 Å². The molecule has 0 aliphatic carbocycles. The van der Waals surface area contributed by atoms with Crippen LogP contribution >= 0.6 is 15.9 Å². The summed E-state index contributed by atoms with van der Waals surface area (Å²) in [5.74, 6) is -0.544. The molecule has 6 heteroatoms. The van der Waals surface area contributed by atoms with E-state index in [0.717, 1.165) is 4.47 Å². The van der Waals surface area contributed by atoms with Crippen molar-refractivity contribution in [3.8, 4) is 11.8 Å². The molecule has 2 aromatic carbocycles. The van der Waals surface area contributed by atoms with Gasteiger partial charge in [-0.2, -0.15) is 5.26 Å². The third-order valence-corrected chi connectivity index (χ3v) is 3.13. The molecular weight excluding hydrogens is 322 g/mol. The summed E-state index contributed by atoms with van der Waals surface area (Å²) in [5, 5.41) is 21.0. The number of nitrogen functional groups attached to an aromatic ring is 1. The van der Waals surface area contributed by atoms with Crippen LogP contribution in [0.15, 0.2) is 40.9 Å². The highest BCUT2D eigenvalue weighted by atomic mass is 79.9. The second-order valence-corrected chi connectivity index (χ2v) is 4.94. The number of carbonyl (C=O) groups is 1. The number of carbonyl (C=O) groups excluding carboxylic acids is 1. The first-order valence-electron chi connectivity index (χ1n) is 5.61. The smallest absolute Gasteiger partial charge is 0.257 e. The van der Waals surface area contributed by atoms with Crippen LogP contribution in [0.1, 0.15) is 15.9 Å². The molecule has 2 rings (SSSR count). The van der Waals surface area contributed by atoms with Crippen LogP contribution in [0, 0.1) is 11.3 Å². The Morgan fingerprint density at radius 2 is 2.05 bits per heavy atom. The van der Waals surface area contributed by atoms with Crippen molar-refractivity contribution in [2.24, 2.45) is 0 Å². The van der Waals surface area contributed by atoms with Gasteiger partial charge in [0, 0.05) is 10.2 Å². The van der Waals surface area contributed by atoms with Crippen molar-refractivity contribution in [1.82, 2.24) is 0 Å². The van der Waals surface area contributed by atoms with Crippen molar-refractivity contribution in [2.75, 3.05) is 11.1 Å². The van der Waals surface area contributed by atoms with Gasteiger partial charge < -0.3 is 16.2 Å². The summed E-state index contributed by atoms with van der Waals surface area (Å²) >= 11 is 3.25. The van der Waals surface area contributed by atoms with E-state index in [9.17, 15) is 9.90 Å². The second-order valence-electron chi connectivity index (χ2n) is 4.03. The summed E-state index contributed by atoms with van der Waals surface area (Å²) in [7, 11) is 0. The average molecular weight is 332 g/mol. The van der Waals surface area contributed by atoms with Crippen LogP contribution in [0.3, 0.4) is 0 Å². The molecule has 0 spiro atoms. The largest absolute Gasteiger partial charge is 0.508 e. The monoisotopic (exact) mass is 331 g/mol. The molecule has 20 heavy (non-hydrogen) atoms. The molecule has 1 amide bonds.